The van der Waals surface area contributed by atoms with Crippen molar-refractivity contribution in [2.45, 2.75) is 4.90 Å². The number of benzene rings is 3. The van der Waals surface area contributed by atoms with Crippen molar-refractivity contribution in [3.8, 4) is 11.1 Å². The molecule has 11 heteroatoms. The summed E-state index contributed by atoms with van der Waals surface area (Å²) in [6.07, 6.45) is 1.07. The molecule has 0 aliphatic carbocycles. The second kappa shape index (κ2) is 8.36. The number of amides is 1. The van der Waals surface area contributed by atoms with Gasteiger partial charge in [-0.05, 0) is 42.5 Å². The van der Waals surface area contributed by atoms with Crippen LogP contribution in [-0.2, 0) is 24.8 Å². The minimum absolute atomic E-state index is 0.0874. The normalized spacial score (nSPS) is 14.2. The predicted octanol–water partition coefficient (Wildman–Crippen LogP) is 3.55. The number of rotatable bonds is 5. The summed E-state index contributed by atoms with van der Waals surface area (Å²) in [5.41, 5.74) is 2.16. The first-order valence-electron chi connectivity index (χ1n) is 9.74. The van der Waals surface area contributed by atoms with Crippen LogP contribution in [0.25, 0.3) is 11.1 Å². The van der Waals surface area contributed by atoms with Gasteiger partial charge in [-0.1, -0.05) is 35.9 Å². The Morgan fingerprint density at radius 2 is 1.76 bits per heavy atom. The van der Waals surface area contributed by atoms with Gasteiger partial charge in [-0.25, -0.2) is 16.8 Å². The fourth-order valence-electron chi connectivity index (χ4n) is 3.58. The Bertz CT molecular complexity index is 1470. The van der Waals surface area contributed by atoms with Crippen molar-refractivity contribution in [2.24, 2.45) is 0 Å². The summed E-state index contributed by atoms with van der Waals surface area (Å²) >= 11 is 6.15. The molecule has 0 bridgehead atoms. The van der Waals surface area contributed by atoms with E-state index in [9.17, 15) is 21.6 Å². The highest BCUT2D eigenvalue weighted by molar-refractivity contribution is 7.93. The highest BCUT2D eigenvalue weighted by atomic mass is 35.5. The summed E-state index contributed by atoms with van der Waals surface area (Å²) in [5, 5.41) is 3.09. The number of halogens is 1. The summed E-state index contributed by atoms with van der Waals surface area (Å²) in [6.45, 7) is -0.475. The summed E-state index contributed by atoms with van der Waals surface area (Å²) < 4.78 is 52.4. The Morgan fingerprint density at radius 1 is 1.03 bits per heavy atom. The van der Waals surface area contributed by atoms with Gasteiger partial charge < -0.3 is 5.32 Å². The molecule has 0 spiro atoms. The Balaban J connectivity index is 1.65. The van der Waals surface area contributed by atoms with E-state index < -0.39 is 32.5 Å². The van der Waals surface area contributed by atoms with Crippen molar-refractivity contribution >= 4 is 54.6 Å². The van der Waals surface area contributed by atoms with E-state index >= 15 is 0 Å². The van der Waals surface area contributed by atoms with Gasteiger partial charge in [-0.2, -0.15) is 0 Å². The molecule has 1 N–H and O–H groups in total. The standard InChI is InChI=1S/C22H20ClN3O5S2/c1-25(32(2,28)29)17-7-5-6-16(13-17)24-22(27)14-26-20-11-10-15(23)12-19(20)18-8-3-4-9-21(18)33(26,30)31/h3-13H,14H2,1-2H3,(H,24,27). The van der Waals surface area contributed by atoms with Gasteiger partial charge in [0.2, 0.25) is 15.9 Å². The molecule has 8 nitrogen and oxygen atoms in total. The van der Waals surface area contributed by atoms with Gasteiger partial charge in [0.15, 0.2) is 0 Å². The van der Waals surface area contributed by atoms with Crippen LogP contribution in [0.3, 0.4) is 0 Å². The summed E-state index contributed by atoms with van der Waals surface area (Å²) in [5.74, 6) is -0.585. The first-order chi connectivity index (χ1) is 15.5. The van der Waals surface area contributed by atoms with Crippen molar-refractivity contribution in [2.75, 3.05) is 33.8 Å². The summed E-state index contributed by atoms with van der Waals surface area (Å²) in [7, 11) is -6.08. The maximum Gasteiger partial charge on any atom is 0.265 e. The quantitative estimate of drug-likeness (QED) is 0.571. The molecule has 1 heterocycles. The SMILES string of the molecule is CN(c1cccc(NC(=O)CN2c3ccc(Cl)cc3-c3ccccc3S2(=O)=O)c1)S(C)(=O)=O. The molecular weight excluding hydrogens is 486 g/mol. The molecule has 33 heavy (non-hydrogen) atoms. The highest BCUT2D eigenvalue weighted by Gasteiger charge is 2.36. The fraction of sp³-hybridized carbons (Fsp3) is 0.136. The van der Waals surface area contributed by atoms with Crippen LogP contribution in [0.2, 0.25) is 5.02 Å². The van der Waals surface area contributed by atoms with Gasteiger partial charge in [0.1, 0.15) is 6.54 Å². The van der Waals surface area contributed by atoms with E-state index in [0.29, 0.717) is 33.2 Å². The minimum atomic E-state index is -4.00. The molecule has 3 aromatic rings. The molecule has 0 radical (unpaired) electrons. The van der Waals surface area contributed by atoms with Crippen molar-refractivity contribution in [3.63, 3.8) is 0 Å². The number of carbonyl (C=O) groups excluding carboxylic acids is 1. The van der Waals surface area contributed by atoms with E-state index in [2.05, 4.69) is 5.32 Å². The first kappa shape index (κ1) is 23.1. The first-order valence-corrected chi connectivity index (χ1v) is 13.4. The lowest BCUT2D eigenvalue weighted by molar-refractivity contribution is -0.114. The van der Waals surface area contributed by atoms with E-state index in [1.54, 1.807) is 54.6 Å². The second-order valence-corrected chi connectivity index (χ2v) is 11.8. The zero-order valence-corrected chi connectivity index (χ0v) is 20.1. The number of hydrogen-bond donors (Lipinski definition) is 1. The number of nitrogens with one attached hydrogen (secondary N) is 1. The molecule has 1 aliphatic heterocycles. The third-order valence-electron chi connectivity index (χ3n) is 5.25. The summed E-state index contributed by atoms with van der Waals surface area (Å²) in [4.78, 5) is 12.9. The second-order valence-electron chi connectivity index (χ2n) is 7.50. The molecule has 0 saturated heterocycles. The number of fused-ring (bicyclic) bond motifs is 3. The smallest absolute Gasteiger partial charge is 0.265 e. The van der Waals surface area contributed by atoms with E-state index in [-0.39, 0.29) is 4.90 Å². The van der Waals surface area contributed by atoms with Crippen LogP contribution in [0, 0.1) is 0 Å². The lowest BCUT2D eigenvalue weighted by Crippen LogP contribution is -2.40. The Kier molecular flexibility index (Phi) is 5.85. The Labute approximate surface area is 197 Å². The largest absolute Gasteiger partial charge is 0.324 e. The molecule has 1 amide bonds. The number of nitrogens with zero attached hydrogens (tertiary/aromatic N) is 2. The van der Waals surface area contributed by atoms with Crippen LogP contribution in [0.4, 0.5) is 17.1 Å². The topological polar surface area (TPSA) is 104 Å². The molecule has 0 saturated carbocycles. The lowest BCUT2D eigenvalue weighted by atomic mass is 10.0. The molecule has 0 atom stereocenters. The van der Waals surface area contributed by atoms with Crippen LogP contribution in [-0.4, -0.2) is 42.6 Å². The molecule has 3 aromatic carbocycles. The fourth-order valence-corrected chi connectivity index (χ4v) is 5.89. The van der Waals surface area contributed by atoms with Crippen LogP contribution in [0.15, 0.2) is 71.6 Å². The summed E-state index contributed by atoms with van der Waals surface area (Å²) in [6, 6.07) is 17.6. The van der Waals surface area contributed by atoms with Gasteiger partial charge in [0, 0.05) is 28.9 Å². The number of sulfonamides is 2. The van der Waals surface area contributed by atoms with Crippen LogP contribution < -0.4 is 13.9 Å². The average molecular weight is 506 g/mol. The van der Waals surface area contributed by atoms with Crippen molar-refractivity contribution in [1.82, 2.24) is 0 Å². The van der Waals surface area contributed by atoms with E-state index in [1.165, 1.54) is 19.2 Å². The van der Waals surface area contributed by atoms with Crippen molar-refractivity contribution < 1.29 is 21.6 Å². The number of carbonyl (C=O) groups is 1. The van der Waals surface area contributed by atoms with Crippen molar-refractivity contribution in [1.29, 1.82) is 0 Å². The van der Waals surface area contributed by atoms with E-state index in [0.717, 1.165) is 14.9 Å². The molecule has 0 fully saturated rings. The van der Waals surface area contributed by atoms with Crippen LogP contribution in [0.5, 0.6) is 0 Å². The van der Waals surface area contributed by atoms with Crippen molar-refractivity contribution in [3.05, 3.63) is 71.8 Å². The number of anilines is 3. The third kappa shape index (κ3) is 4.41. The van der Waals surface area contributed by atoms with Crippen LogP contribution in [0.1, 0.15) is 0 Å². The molecule has 172 valence electrons. The maximum atomic E-state index is 13.3. The average Bonchev–Trinajstić information content (AvgIpc) is 2.76. The third-order valence-corrected chi connectivity index (χ3v) is 8.51. The molecular formula is C22H20ClN3O5S2. The lowest BCUT2D eigenvalue weighted by Gasteiger charge is -2.31. The van der Waals surface area contributed by atoms with Gasteiger partial charge in [0.25, 0.3) is 10.0 Å². The van der Waals surface area contributed by atoms with E-state index in [1.807, 2.05) is 0 Å². The van der Waals surface area contributed by atoms with Gasteiger partial charge >= 0.3 is 0 Å². The monoisotopic (exact) mass is 505 g/mol. The van der Waals surface area contributed by atoms with Gasteiger partial charge in [-0.3, -0.25) is 13.4 Å². The Morgan fingerprint density at radius 3 is 2.48 bits per heavy atom. The predicted molar refractivity (Wildman–Crippen MR) is 130 cm³/mol. The highest BCUT2D eigenvalue weighted by Crippen LogP contribution is 2.43. The van der Waals surface area contributed by atoms with Gasteiger partial charge in [0.05, 0.1) is 22.5 Å². The van der Waals surface area contributed by atoms with Gasteiger partial charge in [-0.15, -0.1) is 0 Å². The molecule has 0 unspecified atom stereocenters. The molecule has 1 aliphatic rings. The Hall–Kier alpha value is -3.08. The van der Waals surface area contributed by atoms with E-state index in [4.69, 9.17) is 11.6 Å². The minimum Gasteiger partial charge on any atom is -0.324 e. The zero-order valence-electron chi connectivity index (χ0n) is 17.7. The number of hydrogen-bond acceptors (Lipinski definition) is 5. The molecule has 4 rings (SSSR count). The zero-order chi connectivity index (χ0) is 24.0. The molecule has 0 aromatic heterocycles. The maximum absolute atomic E-state index is 13.3. The van der Waals surface area contributed by atoms with Crippen LogP contribution >= 0.6 is 11.6 Å².